The van der Waals surface area contributed by atoms with E-state index < -0.39 is 17.3 Å². The minimum absolute atomic E-state index is 0.0622. The standard InChI is InChI=1S/C27H26ClN3O4/c1-4-35-25(33)23-24(29)31(20-12-14(2)8-9-15(20)3)19-6-5-7-21(32)22(19)27(23)17-13-16(28)10-11-18(17)30-26(27)34/h8-13H,4-7,29H2,1-3H3,(H,30,34). The van der Waals surface area contributed by atoms with Gasteiger partial charge in [0, 0.05) is 34.0 Å². The number of carbonyl (C=O) groups is 3. The first-order valence-electron chi connectivity index (χ1n) is 11.6. The third kappa shape index (κ3) is 3.22. The van der Waals surface area contributed by atoms with Gasteiger partial charge in [0.2, 0.25) is 5.91 Å². The molecule has 0 saturated carbocycles. The molecule has 35 heavy (non-hydrogen) atoms. The van der Waals surface area contributed by atoms with E-state index in [1.807, 2.05) is 32.0 Å². The number of hydrogen-bond acceptors (Lipinski definition) is 6. The first-order chi connectivity index (χ1) is 16.7. The molecule has 5 rings (SSSR count). The van der Waals surface area contributed by atoms with Crippen LogP contribution in [0.2, 0.25) is 5.02 Å². The summed E-state index contributed by atoms with van der Waals surface area (Å²) < 4.78 is 5.43. The zero-order chi connectivity index (χ0) is 25.1. The lowest BCUT2D eigenvalue weighted by Gasteiger charge is -2.44. The molecule has 0 aromatic heterocycles. The van der Waals surface area contributed by atoms with Crippen molar-refractivity contribution in [2.45, 2.75) is 45.4 Å². The Morgan fingerprint density at radius 2 is 1.94 bits per heavy atom. The first-order valence-corrected chi connectivity index (χ1v) is 12.0. The summed E-state index contributed by atoms with van der Waals surface area (Å²) in [6.07, 6.45) is 1.40. The van der Waals surface area contributed by atoms with Gasteiger partial charge < -0.3 is 15.8 Å². The highest BCUT2D eigenvalue weighted by Crippen LogP contribution is 2.56. The van der Waals surface area contributed by atoms with Gasteiger partial charge in [-0.05, 0) is 69.0 Å². The van der Waals surface area contributed by atoms with Crippen LogP contribution in [0.3, 0.4) is 0 Å². The maximum absolute atomic E-state index is 13.9. The van der Waals surface area contributed by atoms with Crippen LogP contribution in [0.5, 0.6) is 0 Å². The van der Waals surface area contributed by atoms with E-state index in [9.17, 15) is 14.4 Å². The van der Waals surface area contributed by atoms with Gasteiger partial charge >= 0.3 is 5.97 Å². The Labute approximate surface area is 208 Å². The molecule has 2 aromatic carbocycles. The van der Waals surface area contributed by atoms with Crippen molar-refractivity contribution in [3.05, 3.63) is 80.8 Å². The van der Waals surface area contributed by atoms with Gasteiger partial charge in [-0.15, -0.1) is 0 Å². The fourth-order valence-electron chi connectivity index (χ4n) is 5.52. The third-order valence-corrected chi connectivity index (χ3v) is 7.20. The van der Waals surface area contributed by atoms with E-state index >= 15 is 0 Å². The van der Waals surface area contributed by atoms with Crippen molar-refractivity contribution in [2.24, 2.45) is 5.73 Å². The van der Waals surface area contributed by atoms with Crippen LogP contribution in [0.25, 0.3) is 0 Å². The Balaban J connectivity index is 1.93. The molecule has 2 aromatic rings. The second kappa shape index (κ2) is 8.27. The Hall–Kier alpha value is -3.58. The topological polar surface area (TPSA) is 102 Å². The highest BCUT2D eigenvalue weighted by molar-refractivity contribution is 6.31. The minimum atomic E-state index is -1.74. The molecule has 8 heteroatoms. The number of Topliss-reactive ketones (excluding diaryl/α,β-unsaturated/α-hetero) is 1. The predicted octanol–water partition coefficient (Wildman–Crippen LogP) is 4.41. The van der Waals surface area contributed by atoms with Gasteiger partial charge in [0.25, 0.3) is 0 Å². The van der Waals surface area contributed by atoms with Crippen LogP contribution in [0.1, 0.15) is 42.9 Å². The van der Waals surface area contributed by atoms with Gasteiger partial charge in [0.1, 0.15) is 16.8 Å². The number of benzene rings is 2. The molecule has 2 aliphatic heterocycles. The van der Waals surface area contributed by atoms with E-state index in [1.165, 1.54) is 0 Å². The summed E-state index contributed by atoms with van der Waals surface area (Å²) in [6, 6.07) is 10.9. The molecule has 3 N–H and O–H groups in total. The fraction of sp³-hybridized carbons (Fsp3) is 0.296. The van der Waals surface area contributed by atoms with Crippen LogP contribution in [0, 0.1) is 13.8 Å². The maximum Gasteiger partial charge on any atom is 0.339 e. The van der Waals surface area contributed by atoms with Gasteiger partial charge in [0.05, 0.1) is 12.3 Å². The van der Waals surface area contributed by atoms with E-state index in [0.29, 0.717) is 34.8 Å². The second-order valence-electron chi connectivity index (χ2n) is 9.10. The molecule has 1 aliphatic carbocycles. The molecule has 3 aliphatic rings. The maximum atomic E-state index is 13.9. The van der Waals surface area contributed by atoms with Crippen LogP contribution in [0.15, 0.2) is 59.1 Å². The number of carbonyl (C=O) groups excluding carboxylic acids is 3. The average molecular weight is 492 g/mol. The highest BCUT2D eigenvalue weighted by Gasteiger charge is 2.62. The zero-order valence-electron chi connectivity index (χ0n) is 19.8. The lowest BCUT2D eigenvalue weighted by atomic mass is 9.63. The summed E-state index contributed by atoms with van der Waals surface area (Å²) >= 11 is 6.36. The summed E-state index contributed by atoms with van der Waals surface area (Å²) in [4.78, 5) is 42.9. The van der Waals surface area contributed by atoms with Gasteiger partial charge in [0.15, 0.2) is 5.78 Å². The van der Waals surface area contributed by atoms with E-state index in [-0.39, 0.29) is 35.8 Å². The number of halogens is 1. The minimum Gasteiger partial charge on any atom is -0.462 e. The quantitative estimate of drug-likeness (QED) is 0.617. The number of ether oxygens (including phenoxy) is 1. The summed E-state index contributed by atoms with van der Waals surface area (Å²) in [6.45, 7) is 5.67. The van der Waals surface area contributed by atoms with Gasteiger partial charge in [-0.1, -0.05) is 23.7 Å². The summed E-state index contributed by atoms with van der Waals surface area (Å²) in [5.74, 6) is -1.37. The first kappa shape index (κ1) is 23.2. The summed E-state index contributed by atoms with van der Waals surface area (Å²) in [5, 5.41) is 3.24. The van der Waals surface area contributed by atoms with Crippen LogP contribution in [-0.4, -0.2) is 24.3 Å². The number of nitrogens with one attached hydrogen (secondary N) is 1. The molecule has 0 saturated heterocycles. The number of rotatable bonds is 3. The summed E-state index contributed by atoms with van der Waals surface area (Å²) in [5.41, 5.74) is 9.50. The Kier molecular flexibility index (Phi) is 5.48. The second-order valence-corrected chi connectivity index (χ2v) is 9.53. The Bertz CT molecular complexity index is 1380. The number of nitrogens with two attached hydrogens (primary N) is 1. The largest absolute Gasteiger partial charge is 0.462 e. The fourth-order valence-corrected chi connectivity index (χ4v) is 5.69. The smallest absolute Gasteiger partial charge is 0.339 e. The monoisotopic (exact) mass is 491 g/mol. The van der Waals surface area contributed by atoms with Crippen LogP contribution in [0.4, 0.5) is 11.4 Å². The van der Waals surface area contributed by atoms with Gasteiger partial charge in [-0.3, -0.25) is 14.5 Å². The number of esters is 1. The number of aryl methyl sites for hydroxylation is 2. The van der Waals surface area contributed by atoms with Crippen molar-refractivity contribution in [2.75, 3.05) is 16.8 Å². The third-order valence-electron chi connectivity index (χ3n) is 6.96. The molecular formula is C27H26ClN3O4. The highest BCUT2D eigenvalue weighted by atomic mass is 35.5. The number of hydrogen-bond donors (Lipinski definition) is 2. The Morgan fingerprint density at radius 3 is 2.69 bits per heavy atom. The molecule has 0 bridgehead atoms. The van der Waals surface area contributed by atoms with Gasteiger partial charge in [-0.2, -0.15) is 0 Å². The van der Waals surface area contributed by atoms with E-state index in [4.69, 9.17) is 22.1 Å². The summed E-state index contributed by atoms with van der Waals surface area (Å²) in [7, 11) is 0. The number of allylic oxidation sites excluding steroid dienone is 1. The number of anilines is 2. The van der Waals surface area contributed by atoms with Crippen molar-refractivity contribution in [3.8, 4) is 0 Å². The molecular weight excluding hydrogens is 466 g/mol. The molecule has 0 radical (unpaired) electrons. The van der Waals surface area contributed by atoms with Crippen molar-refractivity contribution in [3.63, 3.8) is 0 Å². The van der Waals surface area contributed by atoms with Gasteiger partial charge in [-0.25, -0.2) is 4.79 Å². The lowest BCUT2D eigenvalue weighted by Crippen LogP contribution is -2.53. The van der Waals surface area contributed by atoms with E-state index in [1.54, 1.807) is 30.0 Å². The van der Waals surface area contributed by atoms with Crippen molar-refractivity contribution < 1.29 is 19.1 Å². The molecule has 1 spiro atoms. The van der Waals surface area contributed by atoms with Crippen molar-refractivity contribution >= 4 is 40.6 Å². The molecule has 180 valence electrons. The molecule has 7 nitrogen and oxygen atoms in total. The van der Waals surface area contributed by atoms with Crippen molar-refractivity contribution in [1.29, 1.82) is 0 Å². The predicted molar refractivity (Wildman–Crippen MR) is 134 cm³/mol. The van der Waals surface area contributed by atoms with Crippen molar-refractivity contribution in [1.82, 2.24) is 0 Å². The van der Waals surface area contributed by atoms with Crippen LogP contribution in [-0.2, 0) is 24.5 Å². The molecule has 2 heterocycles. The number of nitrogens with zero attached hydrogens (tertiary/aromatic N) is 1. The SMILES string of the molecule is CCOC(=O)C1=C(N)N(c2cc(C)ccc2C)C2=C(C(=O)CCC2)C12C(=O)Nc1ccc(Cl)cc12. The normalized spacial score (nSPS) is 21.3. The number of fused-ring (bicyclic) bond motifs is 3. The average Bonchev–Trinajstić information content (AvgIpc) is 3.08. The van der Waals surface area contributed by atoms with Crippen LogP contribution >= 0.6 is 11.6 Å². The van der Waals surface area contributed by atoms with E-state index in [2.05, 4.69) is 5.32 Å². The van der Waals surface area contributed by atoms with E-state index in [0.717, 1.165) is 16.8 Å². The molecule has 1 amide bonds. The van der Waals surface area contributed by atoms with Crippen LogP contribution < -0.4 is 16.0 Å². The Morgan fingerprint density at radius 1 is 1.17 bits per heavy atom. The molecule has 1 unspecified atom stereocenters. The number of amides is 1. The molecule has 0 fully saturated rings. The zero-order valence-corrected chi connectivity index (χ0v) is 20.6. The number of ketones is 1. The lowest BCUT2D eigenvalue weighted by molar-refractivity contribution is -0.140. The molecule has 1 atom stereocenters.